The summed E-state index contributed by atoms with van der Waals surface area (Å²) in [4.78, 5) is 6.49. The van der Waals surface area contributed by atoms with Gasteiger partial charge in [-0.1, -0.05) is 29.3 Å². The average Bonchev–Trinajstić information content (AvgIpc) is 2.53. The van der Waals surface area contributed by atoms with Crippen LogP contribution in [0.3, 0.4) is 0 Å². The van der Waals surface area contributed by atoms with E-state index >= 15 is 0 Å². The minimum absolute atomic E-state index is 0.648. The maximum atomic E-state index is 6.17. The molecule has 1 aromatic heterocycles. The Labute approximate surface area is 147 Å². The number of ether oxygens (including phenoxy) is 1. The molecule has 2 rings (SSSR count). The van der Waals surface area contributed by atoms with E-state index in [9.17, 15) is 0 Å². The molecule has 0 aliphatic carbocycles. The van der Waals surface area contributed by atoms with Gasteiger partial charge in [0.05, 0.1) is 6.61 Å². The van der Waals surface area contributed by atoms with E-state index in [1.807, 2.05) is 44.4 Å². The van der Waals surface area contributed by atoms with Crippen molar-refractivity contribution in [3.63, 3.8) is 0 Å². The Bertz CT molecular complexity index is 672. The summed E-state index contributed by atoms with van der Waals surface area (Å²) in [5, 5.41) is 1.30. The molecule has 0 fully saturated rings. The van der Waals surface area contributed by atoms with Crippen molar-refractivity contribution in [2.24, 2.45) is 0 Å². The lowest BCUT2D eigenvalue weighted by Gasteiger charge is -2.11. The molecular formula is C18H20Cl2N2O. The first-order chi connectivity index (χ1) is 11.1. The summed E-state index contributed by atoms with van der Waals surface area (Å²) >= 11 is 12.2. The predicted octanol–water partition coefficient (Wildman–Crippen LogP) is 4.89. The van der Waals surface area contributed by atoms with Crippen molar-refractivity contribution in [2.45, 2.75) is 6.42 Å². The first-order valence-corrected chi connectivity index (χ1v) is 8.17. The van der Waals surface area contributed by atoms with Crippen LogP contribution in [0.15, 0.2) is 36.5 Å². The molecule has 2 aromatic rings. The van der Waals surface area contributed by atoms with Gasteiger partial charge in [-0.15, -0.1) is 0 Å². The van der Waals surface area contributed by atoms with Crippen LogP contribution in [0.4, 0.5) is 0 Å². The summed E-state index contributed by atoms with van der Waals surface area (Å²) in [5.74, 6) is 0.764. The average molecular weight is 351 g/mol. The molecule has 0 bridgehead atoms. The maximum Gasteiger partial charge on any atom is 0.144 e. The highest BCUT2D eigenvalue weighted by Gasteiger charge is 2.03. The Morgan fingerprint density at radius 2 is 2.00 bits per heavy atom. The number of benzene rings is 1. The van der Waals surface area contributed by atoms with E-state index in [1.54, 1.807) is 18.3 Å². The molecular weight excluding hydrogens is 331 g/mol. The third-order valence-corrected chi connectivity index (χ3v) is 3.77. The van der Waals surface area contributed by atoms with Crippen molar-refractivity contribution >= 4 is 35.4 Å². The fourth-order valence-electron chi connectivity index (χ4n) is 2.02. The molecule has 0 unspecified atom stereocenters. The van der Waals surface area contributed by atoms with Crippen LogP contribution < -0.4 is 4.74 Å². The second-order valence-electron chi connectivity index (χ2n) is 5.39. The normalized spacial score (nSPS) is 11.3. The Morgan fingerprint density at radius 3 is 2.78 bits per heavy atom. The van der Waals surface area contributed by atoms with Crippen LogP contribution in [-0.4, -0.2) is 37.1 Å². The van der Waals surface area contributed by atoms with Crippen molar-refractivity contribution in [1.82, 2.24) is 9.88 Å². The third kappa shape index (κ3) is 5.87. The lowest BCUT2D eigenvalue weighted by Crippen LogP contribution is -2.15. The van der Waals surface area contributed by atoms with E-state index in [-0.39, 0.29) is 0 Å². The quantitative estimate of drug-likeness (QED) is 0.664. The van der Waals surface area contributed by atoms with Crippen molar-refractivity contribution in [1.29, 1.82) is 0 Å². The van der Waals surface area contributed by atoms with Crippen LogP contribution in [0.5, 0.6) is 5.75 Å². The number of halogens is 2. The molecule has 0 atom stereocenters. The Hall–Kier alpha value is -1.55. The van der Waals surface area contributed by atoms with Crippen LogP contribution in [0, 0.1) is 0 Å². The molecule has 122 valence electrons. The Kier molecular flexibility index (Phi) is 6.90. The largest absolute Gasteiger partial charge is 0.491 e. The van der Waals surface area contributed by atoms with Gasteiger partial charge in [-0.05, 0) is 62.5 Å². The zero-order chi connectivity index (χ0) is 16.7. The van der Waals surface area contributed by atoms with Crippen molar-refractivity contribution in [3.8, 4) is 5.75 Å². The first kappa shape index (κ1) is 17.8. The fraction of sp³-hybridized carbons (Fsp3) is 0.278. The van der Waals surface area contributed by atoms with Gasteiger partial charge in [0, 0.05) is 22.8 Å². The first-order valence-electron chi connectivity index (χ1n) is 7.42. The van der Waals surface area contributed by atoms with Gasteiger partial charge < -0.3 is 9.64 Å². The van der Waals surface area contributed by atoms with E-state index in [0.29, 0.717) is 16.7 Å². The number of rotatable bonds is 7. The number of pyridine rings is 1. The van der Waals surface area contributed by atoms with Crippen molar-refractivity contribution in [3.05, 3.63) is 57.8 Å². The van der Waals surface area contributed by atoms with Crippen LogP contribution in [0.2, 0.25) is 10.0 Å². The second kappa shape index (κ2) is 8.92. The molecule has 3 nitrogen and oxygen atoms in total. The van der Waals surface area contributed by atoms with Gasteiger partial charge in [0.2, 0.25) is 0 Å². The highest BCUT2D eigenvalue weighted by Crippen LogP contribution is 2.24. The molecule has 23 heavy (non-hydrogen) atoms. The molecule has 0 aliphatic heterocycles. The zero-order valence-electron chi connectivity index (χ0n) is 13.3. The van der Waals surface area contributed by atoms with Gasteiger partial charge >= 0.3 is 0 Å². The van der Waals surface area contributed by atoms with E-state index in [0.717, 1.165) is 30.0 Å². The molecule has 0 aliphatic rings. The number of nitrogens with zero attached hydrogens (tertiary/aromatic N) is 2. The SMILES string of the molecule is CN(C)CCCOc1cccnc1C=Cc1cc(Cl)ccc1Cl. The van der Waals surface area contributed by atoms with Crippen LogP contribution in [0.1, 0.15) is 17.7 Å². The van der Waals surface area contributed by atoms with E-state index in [1.165, 1.54) is 0 Å². The number of aromatic nitrogens is 1. The van der Waals surface area contributed by atoms with E-state index in [2.05, 4.69) is 9.88 Å². The van der Waals surface area contributed by atoms with E-state index in [4.69, 9.17) is 27.9 Å². The predicted molar refractivity (Wildman–Crippen MR) is 98.3 cm³/mol. The number of hydrogen-bond acceptors (Lipinski definition) is 3. The minimum atomic E-state index is 0.648. The summed E-state index contributed by atoms with van der Waals surface area (Å²) in [5.41, 5.74) is 1.62. The summed E-state index contributed by atoms with van der Waals surface area (Å²) in [6, 6.07) is 9.15. The lowest BCUT2D eigenvalue weighted by molar-refractivity contribution is 0.280. The minimum Gasteiger partial charge on any atom is -0.491 e. The van der Waals surface area contributed by atoms with Gasteiger partial charge in [-0.25, -0.2) is 0 Å². The highest BCUT2D eigenvalue weighted by molar-refractivity contribution is 6.34. The lowest BCUT2D eigenvalue weighted by atomic mass is 10.2. The molecule has 0 N–H and O–H groups in total. The topological polar surface area (TPSA) is 25.4 Å². The maximum absolute atomic E-state index is 6.17. The van der Waals surface area contributed by atoms with Gasteiger partial charge in [0.15, 0.2) is 0 Å². The molecule has 1 heterocycles. The van der Waals surface area contributed by atoms with Crippen LogP contribution in [0.25, 0.3) is 12.2 Å². The molecule has 5 heteroatoms. The van der Waals surface area contributed by atoms with Crippen molar-refractivity contribution < 1.29 is 4.74 Å². The van der Waals surface area contributed by atoms with Gasteiger partial charge in [0.25, 0.3) is 0 Å². The molecule has 0 amide bonds. The standard InChI is InChI=1S/C18H20Cl2N2O/c1-22(2)11-4-12-23-18-5-3-10-21-17(18)9-6-14-13-15(19)7-8-16(14)20/h3,5-10,13H,4,11-12H2,1-2H3. The molecule has 0 radical (unpaired) electrons. The number of hydrogen-bond donors (Lipinski definition) is 0. The summed E-state index contributed by atoms with van der Waals surface area (Å²) in [7, 11) is 4.10. The van der Waals surface area contributed by atoms with Gasteiger partial charge in [-0.2, -0.15) is 0 Å². The zero-order valence-corrected chi connectivity index (χ0v) is 14.8. The molecule has 0 spiro atoms. The third-order valence-electron chi connectivity index (χ3n) is 3.19. The van der Waals surface area contributed by atoms with Crippen molar-refractivity contribution in [2.75, 3.05) is 27.2 Å². The summed E-state index contributed by atoms with van der Waals surface area (Å²) in [6.45, 7) is 1.65. The Morgan fingerprint density at radius 1 is 1.17 bits per heavy atom. The molecule has 1 aromatic carbocycles. The monoisotopic (exact) mass is 350 g/mol. The van der Waals surface area contributed by atoms with Crippen LogP contribution in [-0.2, 0) is 0 Å². The van der Waals surface area contributed by atoms with Gasteiger partial charge in [-0.3, -0.25) is 4.98 Å². The summed E-state index contributed by atoms with van der Waals surface area (Å²) < 4.78 is 5.83. The second-order valence-corrected chi connectivity index (χ2v) is 6.23. The Balaban J connectivity index is 2.07. The highest BCUT2D eigenvalue weighted by atomic mass is 35.5. The van der Waals surface area contributed by atoms with Crippen LogP contribution >= 0.6 is 23.2 Å². The molecule has 0 saturated carbocycles. The molecule has 0 saturated heterocycles. The smallest absolute Gasteiger partial charge is 0.144 e. The van der Waals surface area contributed by atoms with Gasteiger partial charge in [0.1, 0.15) is 11.4 Å². The van der Waals surface area contributed by atoms with E-state index < -0.39 is 0 Å². The fourth-order valence-corrected chi connectivity index (χ4v) is 2.39. The summed E-state index contributed by atoms with van der Waals surface area (Å²) in [6.07, 6.45) is 6.49.